The van der Waals surface area contributed by atoms with E-state index in [2.05, 4.69) is 192 Å². The largest absolute Gasteiger partial charge is 0.468 e. The molecule has 7 amide bonds. The molecular formula is C96H158N16O23SSi4. The van der Waals surface area contributed by atoms with Crippen LogP contribution in [0.3, 0.4) is 0 Å². The standard InChI is InChI=1S/C19H34N2O4SSi.C17H29N3O4Si.C17H29N3O3Si.C17H31NO4Si.2C11H15N3O4.C4H5N/c1-11(16(23)21-17(26)24-10-19(21,6)7)14-13(15(22)20-14)12(2)25-27(8,9)18(3,4)5;1-9(15(22)14(20-18)10(2)21)13-12(16(23)19-13)11(3)24-25(7,8)17(4,5)6;1-11(16(22)20-9-8-18-10-20)14-13(15(21)19-14)12(2)23-24(6,7)17(3,4)5;1-10(19)9-13(20)11(2)15-14(16(21)18-15)12(3)22-23(7,8)17(4,5)6;2*1-4(10(17)9(14-12)6(3)16)8-7(5(2)15)11(18)13-8;1-2-4-5-3-1/h11-14H,10H2,1-9H3,(H,20,22);9,11-13H,1-8H3,(H,19,23);8-14H,1-7H3,(H,19,21);11-12,14-15H,9H2,1-8H3,(H,18,21);2*4-5,7-8,15H,1-3H3,(H,13,18);1,3-4H,2H2/t11-,12-,13?,14?;9-,11-,12?,13?;11-,12-,13?,14?;11-,12+,14?,15?;2*4-,5-,7?,8?;/m111011./s1. The second-order valence-corrected chi connectivity index (χ2v) is 64.0. The molecule has 8 aliphatic rings. The normalized spacial score (nSPS) is 24.7. The third-order valence-corrected chi connectivity index (χ3v) is 47.8. The van der Waals surface area contributed by atoms with Gasteiger partial charge in [-0.1, -0.05) is 131 Å². The summed E-state index contributed by atoms with van der Waals surface area (Å²) in [5.41, 5.74) is 24.1. The Morgan fingerprint density at radius 1 is 0.457 bits per heavy atom. The van der Waals surface area contributed by atoms with Crippen molar-refractivity contribution in [2.24, 2.45) is 76.0 Å². The van der Waals surface area contributed by atoms with Gasteiger partial charge < -0.3 is 81.1 Å². The Balaban J connectivity index is 0.000000429. The Labute approximate surface area is 834 Å². The molecule has 0 spiro atoms. The maximum atomic E-state index is 13.1. The Hall–Kier alpha value is -9.40. The van der Waals surface area contributed by atoms with Crippen LogP contribution < -0.4 is 31.9 Å². The number of thiocarbonyl (C=S) groups is 1. The second-order valence-electron chi connectivity index (χ2n) is 44.7. The van der Waals surface area contributed by atoms with E-state index in [4.69, 9.17) is 51.3 Å². The number of carbonyl (C=O) groups is 16. The Morgan fingerprint density at radius 3 is 0.914 bits per heavy atom. The fraction of sp³-hybridized carbons (Fsp3) is 0.729. The number of nitrogens with zero attached hydrogens (tertiary/aromatic N) is 10. The highest BCUT2D eigenvalue weighted by Crippen LogP contribution is 2.45. The van der Waals surface area contributed by atoms with Crippen LogP contribution in [0.15, 0.2) is 36.0 Å². The van der Waals surface area contributed by atoms with E-state index in [9.17, 15) is 86.9 Å². The van der Waals surface area contributed by atoms with Crippen molar-refractivity contribution in [2.45, 2.75) is 371 Å². The van der Waals surface area contributed by atoms with Crippen LogP contribution in [0, 0.1) is 71.0 Å². The van der Waals surface area contributed by atoms with Crippen LogP contribution in [0.1, 0.15) is 225 Å². The predicted molar refractivity (Wildman–Crippen MR) is 540 cm³/mol. The average Bonchev–Trinajstić information content (AvgIpc) is 1.35. The molecule has 0 saturated carbocycles. The Kier molecular flexibility index (Phi) is 44.3. The quantitative estimate of drug-likeness (QED) is 0.00605. The van der Waals surface area contributed by atoms with Crippen LogP contribution in [0.4, 0.5) is 0 Å². The van der Waals surface area contributed by atoms with Gasteiger partial charge in [-0.3, -0.25) is 91.2 Å². The zero-order valence-corrected chi connectivity index (χ0v) is 94.1. The number of β-lactam (4-membered cyclic amide) rings is 6. The van der Waals surface area contributed by atoms with Gasteiger partial charge in [-0.25, -0.2) is 4.98 Å². The Morgan fingerprint density at radius 2 is 0.721 bits per heavy atom. The molecule has 140 heavy (non-hydrogen) atoms. The lowest BCUT2D eigenvalue weighted by Gasteiger charge is -2.47. The van der Waals surface area contributed by atoms with Crippen molar-refractivity contribution in [3.63, 3.8) is 0 Å². The molecule has 7 fully saturated rings. The number of aliphatic imine (C=N–C) groups is 1. The minimum absolute atomic E-state index is 0.00373. The lowest BCUT2D eigenvalue weighted by Crippen LogP contribution is -2.68. The molecule has 1 aromatic heterocycles. The molecule has 7 saturated heterocycles. The highest BCUT2D eigenvalue weighted by Gasteiger charge is 2.59. The number of allylic oxidation sites excluding steroid dienone is 1. The van der Waals surface area contributed by atoms with Gasteiger partial charge in [0.1, 0.15) is 24.5 Å². The number of nitrogens with one attached hydrogen (secondary N) is 6. The first-order chi connectivity index (χ1) is 63.7. The highest BCUT2D eigenvalue weighted by molar-refractivity contribution is 7.80. The summed E-state index contributed by atoms with van der Waals surface area (Å²) in [6.45, 7) is 72.8. The number of carbonyl (C=O) groups excluding carboxylic acids is 16. The molecule has 39 nitrogen and oxygen atoms in total. The van der Waals surface area contributed by atoms with Crippen molar-refractivity contribution in [3.05, 3.63) is 47.6 Å². The summed E-state index contributed by atoms with van der Waals surface area (Å²) in [5.74, 6) is -11.2. The number of ether oxygens (including phenoxy) is 1. The molecule has 24 atom stereocenters. The maximum absolute atomic E-state index is 13.1. The Bertz CT molecular complexity index is 4910. The van der Waals surface area contributed by atoms with Gasteiger partial charge >= 0.3 is 17.1 Å². The summed E-state index contributed by atoms with van der Waals surface area (Å²) in [5, 5.41) is 35.6. The third kappa shape index (κ3) is 30.8. The van der Waals surface area contributed by atoms with Crippen LogP contribution in [-0.4, -0.2) is 279 Å². The molecule has 44 heteroatoms. The van der Waals surface area contributed by atoms with Gasteiger partial charge in [-0.15, -0.1) is 0 Å². The number of amides is 7. The molecule has 8 N–H and O–H groups in total. The minimum Gasteiger partial charge on any atom is -0.468 e. The molecule has 12 unspecified atom stereocenters. The highest BCUT2D eigenvalue weighted by atomic mass is 32.1. The first-order valence-corrected chi connectivity index (χ1v) is 59.7. The number of ketones is 8. The van der Waals surface area contributed by atoms with E-state index >= 15 is 0 Å². The van der Waals surface area contributed by atoms with E-state index in [1.165, 1.54) is 52.4 Å². The number of rotatable bonds is 34. The lowest BCUT2D eigenvalue weighted by atomic mass is 9.76. The molecule has 9 rings (SSSR count). The zero-order chi connectivity index (χ0) is 109. The van der Waals surface area contributed by atoms with Gasteiger partial charge in [0.2, 0.25) is 64.6 Å². The summed E-state index contributed by atoms with van der Waals surface area (Å²) < 4.78 is 32.3. The molecule has 0 bridgehead atoms. The van der Waals surface area contributed by atoms with Crippen LogP contribution in [-0.2, 0) is 94.4 Å². The molecular weight excluding hydrogens is 1890 g/mol. The van der Waals surface area contributed by atoms with Crippen molar-refractivity contribution in [1.82, 2.24) is 46.4 Å². The van der Waals surface area contributed by atoms with Crippen LogP contribution >= 0.6 is 12.2 Å². The van der Waals surface area contributed by atoms with Gasteiger partial charge in [0, 0.05) is 75.7 Å². The number of hydrogen-bond donors (Lipinski definition) is 8. The van der Waals surface area contributed by atoms with Gasteiger partial charge in [-0.2, -0.15) is 14.4 Å². The summed E-state index contributed by atoms with van der Waals surface area (Å²) in [7, 11) is -8.02. The van der Waals surface area contributed by atoms with Crippen molar-refractivity contribution >= 4 is 168 Å². The fourth-order valence-electron chi connectivity index (χ4n) is 16.1. The van der Waals surface area contributed by atoms with Crippen LogP contribution in [0.25, 0.3) is 16.6 Å². The summed E-state index contributed by atoms with van der Waals surface area (Å²) in [6, 6.07) is -2.26. The smallest absolute Gasteiger partial charge is 0.400 e. The van der Waals surface area contributed by atoms with Crippen molar-refractivity contribution in [2.75, 3.05) is 6.61 Å². The summed E-state index contributed by atoms with van der Waals surface area (Å²) in [6.07, 6.45) is 8.55. The summed E-state index contributed by atoms with van der Waals surface area (Å²) in [4.78, 5) is 207. The molecule has 8 aliphatic heterocycles. The molecule has 0 aliphatic carbocycles. The minimum atomic E-state index is -2.06. The van der Waals surface area contributed by atoms with Gasteiger partial charge in [-0.05, 0) is 147 Å². The SMILES string of the molecule is C1=CN=CC1.CC(=O)C(=[N+]=[N-])C(=O)[C@H](C)C1NC(=O)C1[C@@H](C)O.CC(=O)C(=[N+]=[N-])C(=O)[C@H](C)C1NC(=O)C1[C@@H](C)O.CC(=O)C(=[N+]=[N-])C(=O)[C@H](C)C1NC(=O)C1[C@@H](C)O[Si](C)(C)C(C)(C)C.CC(=O)CC(=O)[C@H](C)C1NC(=O)C1[C@@H](C)O[Si](C)(C)C(C)(C)C.C[C@@H](O[Si](C)(C)C(C)(C)C)C1C(=O)NC1[C@@H](C)C(=O)N1C(=S)OCC1(C)C.C[C@@H](O[Si](C)(C)C(C)(C)C)C1C(=O)NC1[C@@H](C)C(=O)n1ccnc1. The fourth-order valence-corrected chi connectivity index (χ4v) is 22.2. The zero-order valence-electron chi connectivity index (χ0n) is 89.3. The van der Waals surface area contributed by atoms with Gasteiger partial charge in [0.05, 0.1) is 132 Å². The molecule has 782 valence electrons. The molecule has 0 radical (unpaired) electrons. The van der Waals surface area contributed by atoms with E-state index in [-0.39, 0.29) is 163 Å². The first-order valence-electron chi connectivity index (χ1n) is 47.6. The number of aromatic nitrogens is 2. The monoisotopic (exact) mass is 2050 g/mol. The first kappa shape index (κ1) is 125. The lowest BCUT2D eigenvalue weighted by molar-refractivity contribution is -0.148. The van der Waals surface area contributed by atoms with E-state index in [0.717, 1.165) is 20.3 Å². The van der Waals surface area contributed by atoms with Crippen molar-refractivity contribution in [1.29, 1.82) is 0 Å². The maximum Gasteiger partial charge on any atom is 0.400 e. The molecule has 1 aromatic rings. The van der Waals surface area contributed by atoms with Gasteiger partial charge in [0.25, 0.3) is 22.5 Å². The summed E-state index contributed by atoms with van der Waals surface area (Å²) >= 11 is 5.22. The number of imidazole rings is 1. The van der Waals surface area contributed by atoms with E-state index in [1.54, 1.807) is 37.3 Å². The topological polar surface area (TPSA) is 575 Å². The molecule has 0 aromatic carbocycles. The number of aliphatic hydroxyl groups is 2. The van der Waals surface area contributed by atoms with E-state index in [0.29, 0.717) is 6.61 Å². The van der Waals surface area contributed by atoms with E-state index < -0.39 is 162 Å². The van der Waals surface area contributed by atoms with Crippen LogP contribution in [0.5, 0.6) is 0 Å². The molecule has 9 heterocycles. The van der Waals surface area contributed by atoms with Gasteiger partial charge in [0.15, 0.2) is 33.3 Å². The van der Waals surface area contributed by atoms with Crippen LogP contribution in [0.2, 0.25) is 72.5 Å². The number of aliphatic hydroxyl groups excluding tert-OH is 2. The van der Waals surface area contributed by atoms with E-state index in [1.807, 2.05) is 67.7 Å². The van der Waals surface area contributed by atoms with Crippen molar-refractivity contribution < 1.29 is 124 Å². The second kappa shape index (κ2) is 49.7. The predicted octanol–water partition coefficient (Wildman–Crippen LogP) is 9.29. The van der Waals surface area contributed by atoms with Crippen molar-refractivity contribution in [3.8, 4) is 0 Å². The number of Topliss-reactive ketones (excluding diaryl/α,β-unsaturated/α-hetero) is 8. The number of hydrogen-bond acceptors (Lipinski definition) is 26. The average molecular weight is 2050 g/mol. The third-order valence-electron chi connectivity index (χ3n) is 29.2.